The fourth-order valence-electron chi connectivity index (χ4n) is 0.899. The lowest BCUT2D eigenvalue weighted by Gasteiger charge is -1.95. The van der Waals surface area contributed by atoms with Gasteiger partial charge in [0.25, 0.3) is 0 Å². The van der Waals surface area contributed by atoms with E-state index in [1.165, 1.54) is 0 Å². The third-order valence-electron chi connectivity index (χ3n) is 1.36. The van der Waals surface area contributed by atoms with Gasteiger partial charge in [-0.25, -0.2) is 0 Å². The Morgan fingerprint density at radius 3 is 2.75 bits per heavy atom. The van der Waals surface area contributed by atoms with Gasteiger partial charge in [-0.05, 0) is 6.42 Å². The van der Waals surface area contributed by atoms with Gasteiger partial charge in [-0.3, -0.25) is 0 Å². The highest BCUT2D eigenvalue weighted by Gasteiger charge is 2.19. The summed E-state index contributed by atoms with van der Waals surface area (Å²) in [4.78, 5) is 10.0. The standard InChI is InChI=1S/C5H10N2O/c6-4-1-5(3-8)7-2-4/h3-5,7H,1-2,6H2/t4-,5-/m0/s1. The van der Waals surface area contributed by atoms with E-state index in [0.29, 0.717) is 0 Å². The van der Waals surface area contributed by atoms with Crippen LogP contribution in [-0.2, 0) is 4.79 Å². The molecule has 0 amide bonds. The molecule has 1 aliphatic rings. The molecule has 0 aliphatic carbocycles. The first-order chi connectivity index (χ1) is 3.83. The summed E-state index contributed by atoms with van der Waals surface area (Å²) in [6.07, 6.45) is 1.70. The van der Waals surface area contributed by atoms with Crippen LogP contribution >= 0.6 is 0 Å². The molecule has 1 aliphatic heterocycles. The third-order valence-corrected chi connectivity index (χ3v) is 1.36. The van der Waals surface area contributed by atoms with Crippen molar-refractivity contribution < 1.29 is 4.79 Å². The molecule has 0 bridgehead atoms. The highest BCUT2D eigenvalue weighted by molar-refractivity contribution is 5.58. The van der Waals surface area contributed by atoms with Crippen molar-refractivity contribution in [2.24, 2.45) is 5.73 Å². The molecule has 2 atom stereocenters. The molecule has 0 aromatic rings. The third kappa shape index (κ3) is 1.05. The van der Waals surface area contributed by atoms with Crippen LogP contribution in [0.25, 0.3) is 0 Å². The second-order valence-corrected chi connectivity index (χ2v) is 2.15. The summed E-state index contributed by atoms with van der Waals surface area (Å²) < 4.78 is 0. The minimum Gasteiger partial charge on any atom is -0.326 e. The zero-order valence-electron chi connectivity index (χ0n) is 4.63. The van der Waals surface area contributed by atoms with Gasteiger partial charge in [0.2, 0.25) is 0 Å². The first kappa shape index (κ1) is 5.72. The first-order valence-corrected chi connectivity index (χ1v) is 2.77. The second kappa shape index (κ2) is 2.24. The first-order valence-electron chi connectivity index (χ1n) is 2.77. The largest absolute Gasteiger partial charge is 0.326 e. The lowest BCUT2D eigenvalue weighted by Crippen LogP contribution is -2.23. The molecule has 0 radical (unpaired) electrons. The summed E-state index contributed by atoms with van der Waals surface area (Å²) in [5.41, 5.74) is 5.48. The van der Waals surface area contributed by atoms with E-state index in [2.05, 4.69) is 5.32 Å². The topological polar surface area (TPSA) is 55.1 Å². The average Bonchev–Trinajstić information content (AvgIpc) is 2.14. The number of carbonyl (C=O) groups is 1. The molecular formula is C5H10N2O. The smallest absolute Gasteiger partial charge is 0.136 e. The van der Waals surface area contributed by atoms with Crippen molar-refractivity contribution in [3.05, 3.63) is 0 Å². The monoisotopic (exact) mass is 114 g/mol. The van der Waals surface area contributed by atoms with Crippen molar-refractivity contribution >= 4 is 6.29 Å². The van der Waals surface area contributed by atoms with Crippen LogP contribution in [0.3, 0.4) is 0 Å². The Morgan fingerprint density at radius 1 is 1.75 bits per heavy atom. The normalized spacial score (nSPS) is 37.6. The van der Waals surface area contributed by atoms with Crippen LogP contribution in [-0.4, -0.2) is 24.9 Å². The number of nitrogens with one attached hydrogen (secondary N) is 1. The number of carbonyl (C=O) groups excluding carboxylic acids is 1. The van der Waals surface area contributed by atoms with Crippen LogP contribution in [0.4, 0.5) is 0 Å². The number of hydrogen-bond acceptors (Lipinski definition) is 3. The van der Waals surface area contributed by atoms with Crippen molar-refractivity contribution in [1.82, 2.24) is 5.32 Å². The van der Waals surface area contributed by atoms with Crippen LogP contribution in [0.2, 0.25) is 0 Å². The molecular weight excluding hydrogens is 104 g/mol. The van der Waals surface area contributed by atoms with Gasteiger partial charge < -0.3 is 15.8 Å². The molecule has 8 heavy (non-hydrogen) atoms. The molecule has 3 heteroatoms. The molecule has 0 unspecified atom stereocenters. The van der Waals surface area contributed by atoms with E-state index < -0.39 is 0 Å². The van der Waals surface area contributed by atoms with Gasteiger partial charge in [0, 0.05) is 12.6 Å². The van der Waals surface area contributed by atoms with E-state index in [1.54, 1.807) is 0 Å². The Balaban J connectivity index is 2.32. The quantitative estimate of drug-likeness (QED) is 0.424. The van der Waals surface area contributed by atoms with Gasteiger partial charge >= 0.3 is 0 Å². The zero-order valence-corrected chi connectivity index (χ0v) is 4.63. The average molecular weight is 114 g/mol. The minimum absolute atomic E-state index is 0.0185. The molecule has 0 aromatic carbocycles. The van der Waals surface area contributed by atoms with E-state index in [9.17, 15) is 4.79 Å². The lowest BCUT2D eigenvalue weighted by molar-refractivity contribution is -0.109. The summed E-state index contributed by atoms with van der Waals surface area (Å²) >= 11 is 0. The van der Waals surface area contributed by atoms with Gasteiger partial charge in [-0.15, -0.1) is 0 Å². The van der Waals surface area contributed by atoms with Crippen LogP contribution in [0.5, 0.6) is 0 Å². The number of rotatable bonds is 1. The van der Waals surface area contributed by atoms with Crippen LogP contribution in [0.15, 0.2) is 0 Å². The maximum Gasteiger partial charge on any atom is 0.136 e. The van der Waals surface area contributed by atoms with Crippen LogP contribution in [0, 0.1) is 0 Å². The summed E-state index contributed by atoms with van der Waals surface area (Å²) in [6, 6.07) is 0.204. The molecule has 1 saturated heterocycles. The summed E-state index contributed by atoms with van der Waals surface area (Å²) in [7, 11) is 0. The van der Waals surface area contributed by atoms with Crippen molar-refractivity contribution in [1.29, 1.82) is 0 Å². The Kier molecular flexibility index (Phi) is 1.60. The fourth-order valence-corrected chi connectivity index (χ4v) is 0.899. The van der Waals surface area contributed by atoms with Gasteiger partial charge in [0.15, 0.2) is 0 Å². The van der Waals surface area contributed by atoms with E-state index in [4.69, 9.17) is 5.73 Å². The molecule has 1 heterocycles. The molecule has 3 nitrogen and oxygen atoms in total. The molecule has 1 rings (SSSR count). The molecule has 0 spiro atoms. The SMILES string of the molecule is N[C@@H]1CN[C@H](C=O)C1. The van der Waals surface area contributed by atoms with Gasteiger partial charge in [0.1, 0.15) is 6.29 Å². The van der Waals surface area contributed by atoms with Crippen molar-refractivity contribution in [3.63, 3.8) is 0 Å². The zero-order chi connectivity index (χ0) is 5.98. The van der Waals surface area contributed by atoms with Crippen LogP contribution < -0.4 is 11.1 Å². The summed E-state index contributed by atoms with van der Waals surface area (Å²) in [6.45, 7) is 0.781. The van der Waals surface area contributed by atoms with Crippen molar-refractivity contribution in [2.75, 3.05) is 6.54 Å². The molecule has 3 N–H and O–H groups in total. The summed E-state index contributed by atoms with van der Waals surface area (Å²) in [5, 5.41) is 2.96. The van der Waals surface area contributed by atoms with Gasteiger partial charge in [-0.2, -0.15) is 0 Å². The maximum absolute atomic E-state index is 10.0. The lowest BCUT2D eigenvalue weighted by atomic mass is 10.2. The maximum atomic E-state index is 10.0. The van der Waals surface area contributed by atoms with Gasteiger partial charge in [-0.1, -0.05) is 0 Å². The van der Waals surface area contributed by atoms with E-state index >= 15 is 0 Å². The predicted molar refractivity (Wildman–Crippen MR) is 30.4 cm³/mol. The Labute approximate surface area is 48.2 Å². The van der Waals surface area contributed by atoms with Crippen molar-refractivity contribution in [3.8, 4) is 0 Å². The van der Waals surface area contributed by atoms with Gasteiger partial charge in [0.05, 0.1) is 6.04 Å². The molecule has 1 fully saturated rings. The Bertz CT molecular complexity index is 94.4. The number of nitrogens with two attached hydrogens (primary N) is 1. The fraction of sp³-hybridized carbons (Fsp3) is 0.800. The second-order valence-electron chi connectivity index (χ2n) is 2.15. The van der Waals surface area contributed by atoms with E-state index in [-0.39, 0.29) is 12.1 Å². The summed E-state index contributed by atoms with van der Waals surface area (Å²) in [5.74, 6) is 0. The van der Waals surface area contributed by atoms with E-state index in [1.807, 2.05) is 0 Å². The predicted octanol–water partition coefficient (Wildman–Crippen LogP) is -1.13. The highest BCUT2D eigenvalue weighted by atomic mass is 16.1. The highest BCUT2D eigenvalue weighted by Crippen LogP contribution is 1.99. The minimum atomic E-state index is 0.0185. The Hall–Kier alpha value is -0.410. The molecule has 0 saturated carbocycles. The van der Waals surface area contributed by atoms with Crippen LogP contribution in [0.1, 0.15) is 6.42 Å². The van der Waals surface area contributed by atoms with E-state index in [0.717, 1.165) is 19.3 Å². The van der Waals surface area contributed by atoms with Crippen molar-refractivity contribution in [2.45, 2.75) is 18.5 Å². The number of hydrogen-bond donors (Lipinski definition) is 2. The molecule has 46 valence electrons. The molecule has 0 aromatic heterocycles. The Morgan fingerprint density at radius 2 is 2.50 bits per heavy atom. The number of aldehydes is 1.